The summed E-state index contributed by atoms with van der Waals surface area (Å²) in [7, 11) is 2.94. The van der Waals surface area contributed by atoms with Crippen LogP contribution in [0.3, 0.4) is 0 Å². The van der Waals surface area contributed by atoms with Crippen molar-refractivity contribution in [2.24, 2.45) is 5.73 Å². The van der Waals surface area contributed by atoms with Crippen molar-refractivity contribution in [3.05, 3.63) is 23.8 Å². The van der Waals surface area contributed by atoms with Crippen LogP contribution in [0.15, 0.2) is 18.2 Å². The monoisotopic (exact) mass is 261 g/mol. The van der Waals surface area contributed by atoms with E-state index in [1.54, 1.807) is 7.11 Å². The molecular formula is C12H17F2NO3. The van der Waals surface area contributed by atoms with Gasteiger partial charge in [0.2, 0.25) is 0 Å². The highest BCUT2D eigenvalue weighted by Gasteiger charge is 2.30. The summed E-state index contributed by atoms with van der Waals surface area (Å²) < 4.78 is 42.0. The van der Waals surface area contributed by atoms with Crippen molar-refractivity contribution in [3.8, 4) is 11.5 Å². The molecule has 0 saturated carbocycles. The molecule has 0 heterocycles. The summed E-state index contributed by atoms with van der Waals surface area (Å²) >= 11 is 0. The molecule has 0 aliphatic rings. The molecule has 0 aliphatic heterocycles. The number of rotatable bonds is 7. The summed E-state index contributed by atoms with van der Waals surface area (Å²) in [4.78, 5) is 0. The van der Waals surface area contributed by atoms with Gasteiger partial charge in [0.15, 0.2) is 11.5 Å². The highest BCUT2D eigenvalue weighted by atomic mass is 19.3. The van der Waals surface area contributed by atoms with Crippen LogP contribution in [0.2, 0.25) is 0 Å². The predicted octanol–water partition coefficient (Wildman–Crippen LogP) is 1.77. The van der Waals surface area contributed by atoms with E-state index < -0.39 is 12.5 Å². The van der Waals surface area contributed by atoms with Crippen LogP contribution < -0.4 is 15.2 Å². The molecule has 1 rings (SSSR count). The molecule has 2 N–H and O–H groups in total. The zero-order valence-corrected chi connectivity index (χ0v) is 10.4. The number of nitrogens with two attached hydrogens (primary N) is 1. The molecule has 18 heavy (non-hydrogen) atoms. The minimum absolute atomic E-state index is 0.194. The number of benzene rings is 1. The quantitative estimate of drug-likeness (QED) is 0.760. The van der Waals surface area contributed by atoms with Gasteiger partial charge in [-0.25, -0.2) is 0 Å². The molecular weight excluding hydrogens is 244 g/mol. The number of hydrogen-bond acceptors (Lipinski definition) is 4. The first-order chi connectivity index (χ1) is 8.55. The predicted molar refractivity (Wildman–Crippen MR) is 63.3 cm³/mol. The Morgan fingerprint density at radius 2 is 1.89 bits per heavy atom. The second-order valence-corrected chi connectivity index (χ2v) is 3.62. The largest absolute Gasteiger partial charge is 0.493 e. The van der Waals surface area contributed by atoms with Gasteiger partial charge in [0.25, 0.3) is 5.92 Å². The van der Waals surface area contributed by atoms with Gasteiger partial charge in [0.1, 0.15) is 6.61 Å². The molecule has 0 aromatic heterocycles. The van der Waals surface area contributed by atoms with Gasteiger partial charge in [0.05, 0.1) is 20.3 Å². The van der Waals surface area contributed by atoms with Gasteiger partial charge in [-0.15, -0.1) is 0 Å². The lowest BCUT2D eigenvalue weighted by atomic mass is 10.1. The normalized spacial score (nSPS) is 11.4. The second-order valence-electron chi connectivity index (χ2n) is 3.62. The summed E-state index contributed by atoms with van der Waals surface area (Å²) in [6.07, 6.45) is 0. The lowest BCUT2D eigenvalue weighted by Crippen LogP contribution is -2.25. The van der Waals surface area contributed by atoms with Crippen LogP contribution in [0.25, 0.3) is 0 Å². The Hall–Kier alpha value is -1.40. The van der Waals surface area contributed by atoms with E-state index in [0.717, 1.165) is 0 Å². The fraction of sp³-hybridized carbons (Fsp3) is 0.500. The standard InChI is InChI=1S/C12H17F2NO3/c1-16-5-6-18-10-4-3-9(7-11(10)17-2)12(13,14)8-15/h3-4,7H,5-6,8,15H2,1-2H3. The molecule has 0 atom stereocenters. The maximum atomic E-state index is 13.4. The van der Waals surface area contributed by atoms with E-state index in [2.05, 4.69) is 0 Å². The molecule has 4 nitrogen and oxygen atoms in total. The minimum atomic E-state index is -3.07. The Labute approximate surface area is 105 Å². The summed E-state index contributed by atoms with van der Waals surface area (Å²) in [6.45, 7) is -0.0244. The lowest BCUT2D eigenvalue weighted by Gasteiger charge is -2.17. The summed E-state index contributed by atoms with van der Waals surface area (Å²) in [5.41, 5.74) is 4.83. The summed E-state index contributed by atoms with van der Waals surface area (Å²) in [5.74, 6) is -2.43. The molecule has 1 aromatic carbocycles. The van der Waals surface area contributed by atoms with E-state index in [1.807, 2.05) is 0 Å². The third-order valence-electron chi connectivity index (χ3n) is 2.39. The van der Waals surface area contributed by atoms with Crippen molar-refractivity contribution < 1.29 is 23.0 Å². The second kappa shape index (κ2) is 6.51. The van der Waals surface area contributed by atoms with Crippen LogP contribution in [-0.2, 0) is 10.7 Å². The number of methoxy groups -OCH3 is 2. The number of ether oxygens (including phenoxy) is 3. The smallest absolute Gasteiger partial charge is 0.285 e. The molecule has 0 radical (unpaired) electrons. The van der Waals surface area contributed by atoms with Gasteiger partial charge in [-0.1, -0.05) is 0 Å². The number of hydrogen-bond donors (Lipinski definition) is 1. The third-order valence-corrected chi connectivity index (χ3v) is 2.39. The van der Waals surface area contributed by atoms with Crippen LogP contribution in [0.5, 0.6) is 11.5 Å². The highest BCUT2D eigenvalue weighted by Crippen LogP contribution is 2.34. The highest BCUT2D eigenvalue weighted by molar-refractivity contribution is 5.44. The SMILES string of the molecule is COCCOc1ccc(C(F)(F)CN)cc1OC. The fourth-order valence-electron chi connectivity index (χ4n) is 1.37. The molecule has 1 aromatic rings. The van der Waals surface area contributed by atoms with Crippen molar-refractivity contribution >= 4 is 0 Å². The first-order valence-electron chi connectivity index (χ1n) is 5.43. The van der Waals surface area contributed by atoms with Gasteiger partial charge in [-0.2, -0.15) is 8.78 Å². The summed E-state index contributed by atoms with van der Waals surface area (Å²) in [5, 5.41) is 0. The first kappa shape index (κ1) is 14.7. The third kappa shape index (κ3) is 3.54. The first-order valence-corrected chi connectivity index (χ1v) is 5.43. The fourth-order valence-corrected chi connectivity index (χ4v) is 1.37. The average molecular weight is 261 g/mol. The van der Waals surface area contributed by atoms with Crippen LogP contribution in [0.4, 0.5) is 8.78 Å². The van der Waals surface area contributed by atoms with Crippen LogP contribution in [0.1, 0.15) is 5.56 Å². The Morgan fingerprint density at radius 3 is 2.44 bits per heavy atom. The van der Waals surface area contributed by atoms with E-state index in [9.17, 15) is 8.78 Å². The summed E-state index contributed by atoms with van der Waals surface area (Å²) in [6, 6.07) is 3.94. The van der Waals surface area contributed by atoms with E-state index >= 15 is 0 Å². The van der Waals surface area contributed by atoms with Crippen LogP contribution >= 0.6 is 0 Å². The van der Waals surface area contributed by atoms with Crippen LogP contribution in [0, 0.1) is 0 Å². The maximum absolute atomic E-state index is 13.4. The van der Waals surface area contributed by atoms with Crippen molar-refractivity contribution in [2.75, 3.05) is 34.0 Å². The Morgan fingerprint density at radius 1 is 1.17 bits per heavy atom. The number of halogens is 2. The molecule has 0 saturated heterocycles. The number of alkyl halides is 2. The molecule has 0 bridgehead atoms. The zero-order chi connectivity index (χ0) is 13.6. The van der Waals surface area contributed by atoms with Gasteiger partial charge >= 0.3 is 0 Å². The van der Waals surface area contributed by atoms with Crippen molar-refractivity contribution in [2.45, 2.75) is 5.92 Å². The van der Waals surface area contributed by atoms with Gasteiger partial charge in [0, 0.05) is 12.7 Å². The Bertz CT molecular complexity index is 386. The Kier molecular flexibility index (Phi) is 5.30. The van der Waals surface area contributed by atoms with Gasteiger partial charge < -0.3 is 19.9 Å². The lowest BCUT2D eigenvalue weighted by molar-refractivity contribution is 0.00568. The van der Waals surface area contributed by atoms with E-state index in [-0.39, 0.29) is 11.3 Å². The maximum Gasteiger partial charge on any atom is 0.285 e. The van der Waals surface area contributed by atoms with Crippen molar-refractivity contribution in [3.63, 3.8) is 0 Å². The van der Waals surface area contributed by atoms with Crippen molar-refractivity contribution in [1.29, 1.82) is 0 Å². The van der Waals surface area contributed by atoms with Crippen LogP contribution in [-0.4, -0.2) is 34.0 Å². The molecule has 6 heteroatoms. The van der Waals surface area contributed by atoms with Gasteiger partial charge in [-0.3, -0.25) is 0 Å². The molecule has 0 unspecified atom stereocenters. The van der Waals surface area contributed by atoms with Gasteiger partial charge in [-0.05, 0) is 18.2 Å². The molecule has 0 fully saturated rings. The van der Waals surface area contributed by atoms with E-state index in [4.69, 9.17) is 19.9 Å². The zero-order valence-electron chi connectivity index (χ0n) is 10.4. The molecule has 0 spiro atoms. The average Bonchev–Trinajstić information content (AvgIpc) is 2.39. The Balaban J connectivity index is 2.89. The molecule has 0 aliphatic carbocycles. The van der Waals surface area contributed by atoms with E-state index in [1.165, 1.54) is 25.3 Å². The van der Waals surface area contributed by atoms with Crippen molar-refractivity contribution in [1.82, 2.24) is 0 Å². The topological polar surface area (TPSA) is 53.7 Å². The molecule has 0 amide bonds. The van der Waals surface area contributed by atoms with E-state index in [0.29, 0.717) is 19.0 Å². The minimum Gasteiger partial charge on any atom is -0.493 e. The molecule has 102 valence electrons.